The summed E-state index contributed by atoms with van der Waals surface area (Å²) in [6, 6.07) is 7.15. The highest BCUT2D eigenvalue weighted by atomic mass is 32.2. The lowest BCUT2D eigenvalue weighted by Gasteiger charge is -2.07. The van der Waals surface area contributed by atoms with Crippen molar-refractivity contribution in [2.24, 2.45) is 5.92 Å². The SMILES string of the molecule is CNCc1cccc(S(=O)(=O)NC2CC2C)c1. The van der Waals surface area contributed by atoms with E-state index in [4.69, 9.17) is 0 Å². The molecular formula is C12H18N2O2S. The van der Waals surface area contributed by atoms with Crippen molar-refractivity contribution in [1.29, 1.82) is 0 Å². The molecule has 2 rings (SSSR count). The van der Waals surface area contributed by atoms with Gasteiger partial charge in [-0.05, 0) is 37.1 Å². The standard InChI is InChI=1S/C12H18N2O2S/c1-9-6-12(9)14-17(15,16)11-5-3-4-10(7-11)8-13-2/h3-5,7,9,12-14H,6,8H2,1-2H3. The highest BCUT2D eigenvalue weighted by Crippen LogP contribution is 2.30. The lowest BCUT2D eigenvalue weighted by Crippen LogP contribution is -2.27. The van der Waals surface area contributed by atoms with Gasteiger partial charge in [-0.2, -0.15) is 0 Å². The summed E-state index contributed by atoms with van der Waals surface area (Å²) in [5.74, 6) is 0.463. The smallest absolute Gasteiger partial charge is 0.240 e. The molecule has 0 saturated heterocycles. The molecule has 0 radical (unpaired) electrons. The summed E-state index contributed by atoms with van der Waals surface area (Å²) >= 11 is 0. The van der Waals surface area contributed by atoms with Gasteiger partial charge in [0.1, 0.15) is 0 Å². The fourth-order valence-corrected chi connectivity index (χ4v) is 3.21. The third-order valence-corrected chi connectivity index (χ3v) is 4.49. The Kier molecular flexibility index (Phi) is 3.51. The van der Waals surface area contributed by atoms with E-state index in [0.717, 1.165) is 12.0 Å². The first kappa shape index (κ1) is 12.5. The van der Waals surface area contributed by atoms with Crippen LogP contribution in [-0.4, -0.2) is 21.5 Å². The van der Waals surface area contributed by atoms with E-state index < -0.39 is 10.0 Å². The fourth-order valence-electron chi connectivity index (χ4n) is 1.78. The Morgan fingerprint density at radius 2 is 2.12 bits per heavy atom. The average Bonchev–Trinajstić information content (AvgIpc) is 2.94. The molecule has 2 N–H and O–H groups in total. The van der Waals surface area contributed by atoms with Crippen LogP contribution in [0.2, 0.25) is 0 Å². The maximum Gasteiger partial charge on any atom is 0.240 e. The van der Waals surface area contributed by atoms with Crippen LogP contribution in [0, 0.1) is 5.92 Å². The Morgan fingerprint density at radius 1 is 1.41 bits per heavy atom. The van der Waals surface area contributed by atoms with Crippen LogP contribution < -0.4 is 10.0 Å². The molecule has 0 heterocycles. The predicted molar refractivity (Wildman–Crippen MR) is 67.1 cm³/mol. The van der Waals surface area contributed by atoms with Crippen LogP contribution >= 0.6 is 0 Å². The number of benzene rings is 1. The van der Waals surface area contributed by atoms with Crippen molar-refractivity contribution < 1.29 is 8.42 Å². The molecule has 0 spiro atoms. The molecule has 94 valence electrons. The Bertz CT molecular complexity index is 499. The lowest BCUT2D eigenvalue weighted by atomic mass is 10.2. The molecule has 1 fully saturated rings. The summed E-state index contributed by atoms with van der Waals surface area (Å²) in [4.78, 5) is 0.351. The Labute approximate surface area is 102 Å². The number of hydrogen-bond acceptors (Lipinski definition) is 3. The van der Waals surface area contributed by atoms with Crippen LogP contribution in [0.5, 0.6) is 0 Å². The van der Waals surface area contributed by atoms with E-state index in [9.17, 15) is 8.42 Å². The zero-order valence-electron chi connectivity index (χ0n) is 10.1. The molecule has 4 nitrogen and oxygen atoms in total. The van der Waals surface area contributed by atoms with E-state index in [2.05, 4.69) is 10.0 Å². The normalized spacial score (nSPS) is 23.6. The highest BCUT2D eigenvalue weighted by molar-refractivity contribution is 7.89. The molecule has 1 aliphatic rings. The molecule has 0 bridgehead atoms. The first-order chi connectivity index (χ1) is 8.03. The van der Waals surface area contributed by atoms with Crippen LogP contribution in [-0.2, 0) is 16.6 Å². The molecule has 0 aliphatic heterocycles. The molecule has 1 aromatic rings. The van der Waals surface area contributed by atoms with Crippen molar-refractivity contribution in [3.05, 3.63) is 29.8 Å². The molecule has 0 amide bonds. The van der Waals surface area contributed by atoms with Crippen LogP contribution in [0.15, 0.2) is 29.2 Å². The molecule has 5 heteroatoms. The van der Waals surface area contributed by atoms with E-state index in [-0.39, 0.29) is 6.04 Å². The quantitative estimate of drug-likeness (QED) is 0.827. The second-order valence-electron chi connectivity index (χ2n) is 4.62. The molecule has 1 aliphatic carbocycles. The third kappa shape index (κ3) is 3.06. The molecule has 2 atom stereocenters. The van der Waals surface area contributed by atoms with Gasteiger partial charge in [0, 0.05) is 12.6 Å². The highest BCUT2D eigenvalue weighted by Gasteiger charge is 2.36. The first-order valence-electron chi connectivity index (χ1n) is 5.79. The lowest BCUT2D eigenvalue weighted by molar-refractivity contribution is 0.578. The van der Waals surface area contributed by atoms with Crippen LogP contribution in [0.4, 0.5) is 0 Å². The summed E-state index contributed by atoms with van der Waals surface area (Å²) in [7, 11) is -1.51. The van der Waals surface area contributed by atoms with Gasteiger partial charge in [0.2, 0.25) is 10.0 Å². The van der Waals surface area contributed by atoms with Gasteiger partial charge in [0.05, 0.1) is 4.90 Å². The number of sulfonamides is 1. The number of nitrogens with one attached hydrogen (secondary N) is 2. The van der Waals surface area contributed by atoms with Crippen molar-refractivity contribution in [2.45, 2.75) is 30.8 Å². The minimum atomic E-state index is -3.35. The van der Waals surface area contributed by atoms with Gasteiger partial charge in [-0.15, -0.1) is 0 Å². The summed E-state index contributed by atoms with van der Waals surface area (Å²) in [6.45, 7) is 2.72. The molecule has 1 aromatic carbocycles. The maximum absolute atomic E-state index is 12.1. The molecule has 17 heavy (non-hydrogen) atoms. The van der Waals surface area contributed by atoms with Crippen LogP contribution in [0.3, 0.4) is 0 Å². The van der Waals surface area contributed by atoms with Crippen LogP contribution in [0.1, 0.15) is 18.9 Å². The van der Waals surface area contributed by atoms with E-state index >= 15 is 0 Å². The third-order valence-electron chi connectivity index (χ3n) is 3.01. The van der Waals surface area contributed by atoms with E-state index in [1.165, 1.54) is 0 Å². The summed E-state index contributed by atoms with van der Waals surface area (Å²) < 4.78 is 26.8. The van der Waals surface area contributed by atoms with Crippen molar-refractivity contribution in [3.8, 4) is 0 Å². The predicted octanol–water partition coefficient (Wildman–Crippen LogP) is 1.09. The van der Waals surface area contributed by atoms with Crippen LogP contribution in [0.25, 0.3) is 0 Å². The van der Waals surface area contributed by atoms with Crippen molar-refractivity contribution in [1.82, 2.24) is 10.0 Å². The molecule has 2 unspecified atom stereocenters. The van der Waals surface area contributed by atoms with Crippen molar-refractivity contribution in [3.63, 3.8) is 0 Å². The number of hydrogen-bond donors (Lipinski definition) is 2. The van der Waals surface area contributed by atoms with Gasteiger partial charge < -0.3 is 5.32 Å². The van der Waals surface area contributed by atoms with Gasteiger partial charge in [-0.1, -0.05) is 19.1 Å². The largest absolute Gasteiger partial charge is 0.316 e. The maximum atomic E-state index is 12.1. The molecule has 1 saturated carbocycles. The van der Waals surface area contributed by atoms with Crippen molar-refractivity contribution >= 4 is 10.0 Å². The van der Waals surface area contributed by atoms with Crippen molar-refractivity contribution in [2.75, 3.05) is 7.05 Å². The van der Waals surface area contributed by atoms with Gasteiger partial charge in [-0.25, -0.2) is 13.1 Å². The summed E-state index contributed by atoms with van der Waals surface area (Å²) in [6.07, 6.45) is 0.940. The van der Waals surface area contributed by atoms with E-state index in [1.54, 1.807) is 18.2 Å². The molecular weight excluding hydrogens is 236 g/mol. The van der Waals surface area contributed by atoms with Gasteiger partial charge in [-0.3, -0.25) is 0 Å². The van der Waals surface area contributed by atoms with Gasteiger partial charge >= 0.3 is 0 Å². The zero-order valence-corrected chi connectivity index (χ0v) is 10.9. The Hall–Kier alpha value is -0.910. The summed E-state index contributed by atoms with van der Waals surface area (Å²) in [5, 5.41) is 3.01. The van der Waals surface area contributed by atoms with Gasteiger partial charge in [0.25, 0.3) is 0 Å². The second kappa shape index (κ2) is 4.76. The first-order valence-corrected chi connectivity index (χ1v) is 7.27. The Morgan fingerprint density at radius 3 is 2.71 bits per heavy atom. The van der Waals surface area contributed by atoms with Gasteiger partial charge in [0.15, 0.2) is 0 Å². The average molecular weight is 254 g/mol. The fraction of sp³-hybridized carbons (Fsp3) is 0.500. The minimum absolute atomic E-state index is 0.118. The zero-order chi connectivity index (χ0) is 12.5. The minimum Gasteiger partial charge on any atom is -0.316 e. The summed E-state index contributed by atoms with van der Waals surface area (Å²) in [5.41, 5.74) is 0.972. The Balaban J connectivity index is 2.17. The topological polar surface area (TPSA) is 58.2 Å². The second-order valence-corrected chi connectivity index (χ2v) is 6.33. The molecule has 0 aromatic heterocycles. The monoisotopic (exact) mass is 254 g/mol. The van der Waals surface area contributed by atoms with E-state index in [0.29, 0.717) is 17.4 Å². The van der Waals surface area contributed by atoms with E-state index in [1.807, 2.05) is 20.0 Å². The number of rotatable bonds is 5.